The molecule has 1 saturated heterocycles. The van der Waals surface area contributed by atoms with Gasteiger partial charge in [-0.2, -0.15) is 0 Å². The molecular formula is C22H25N3O5. The number of nitrogens with one attached hydrogen (secondary N) is 1. The van der Waals surface area contributed by atoms with Crippen molar-refractivity contribution >= 4 is 11.8 Å². The van der Waals surface area contributed by atoms with Crippen LogP contribution in [0, 0.1) is 11.8 Å². The number of methoxy groups -OCH3 is 1. The van der Waals surface area contributed by atoms with Gasteiger partial charge in [0.15, 0.2) is 0 Å². The van der Waals surface area contributed by atoms with Crippen molar-refractivity contribution in [3.8, 4) is 0 Å². The molecule has 8 nitrogen and oxygen atoms in total. The molecule has 2 amide bonds. The highest BCUT2D eigenvalue weighted by molar-refractivity contribution is 5.89. The summed E-state index contributed by atoms with van der Waals surface area (Å²) < 4.78 is 6.68. The van der Waals surface area contributed by atoms with Crippen LogP contribution in [0.4, 0.5) is 0 Å². The van der Waals surface area contributed by atoms with E-state index in [0.29, 0.717) is 18.8 Å². The summed E-state index contributed by atoms with van der Waals surface area (Å²) in [5.41, 5.74) is 1.48. The molecule has 158 valence electrons. The van der Waals surface area contributed by atoms with Crippen molar-refractivity contribution in [2.24, 2.45) is 11.8 Å². The molecule has 0 bridgehead atoms. The lowest BCUT2D eigenvalue weighted by atomic mass is 9.88. The van der Waals surface area contributed by atoms with Crippen LogP contribution in [0.15, 0.2) is 53.3 Å². The fourth-order valence-electron chi connectivity index (χ4n) is 4.81. The summed E-state index contributed by atoms with van der Waals surface area (Å²) in [5, 5.41) is 13.1. The predicted octanol–water partition coefficient (Wildman–Crippen LogP) is 0.301. The number of aliphatic hydroxyl groups excluding tert-OH is 1. The number of aromatic nitrogens is 1. The van der Waals surface area contributed by atoms with E-state index in [0.717, 1.165) is 5.56 Å². The Kier molecular flexibility index (Phi) is 5.69. The first-order valence-electron chi connectivity index (χ1n) is 9.99. The minimum atomic E-state index is -0.833. The molecule has 0 spiro atoms. The third kappa shape index (κ3) is 3.42. The van der Waals surface area contributed by atoms with Gasteiger partial charge in [0.2, 0.25) is 11.8 Å². The Bertz CT molecular complexity index is 990. The van der Waals surface area contributed by atoms with Crippen molar-refractivity contribution in [2.75, 3.05) is 20.3 Å². The molecule has 0 aliphatic carbocycles. The molecule has 2 aromatic rings. The second-order valence-corrected chi connectivity index (χ2v) is 7.74. The van der Waals surface area contributed by atoms with E-state index in [4.69, 9.17) is 4.74 Å². The van der Waals surface area contributed by atoms with Crippen LogP contribution in [0.3, 0.4) is 0 Å². The topological polar surface area (TPSA) is 101 Å². The Morgan fingerprint density at radius 1 is 1.17 bits per heavy atom. The molecule has 0 unspecified atom stereocenters. The number of carbonyl (C=O) groups excluding carboxylic acids is 2. The van der Waals surface area contributed by atoms with Gasteiger partial charge in [-0.05, 0) is 11.6 Å². The average molecular weight is 411 g/mol. The van der Waals surface area contributed by atoms with E-state index in [1.807, 2.05) is 30.3 Å². The number of amides is 2. The van der Waals surface area contributed by atoms with Crippen LogP contribution < -0.4 is 10.9 Å². The van der Waals surface area contributed by atoms with E-state index in [1.165, 1.54) is 18.1 Å². The Labute approximate surface area is 174 Å². The Morgan fingerprint density at radius 3 is 2.63 bits per heavy atom. The highest BCUT2D eigenvalue weighted by atomic mass is 16.5. The third-order valence-electron chi connectivity index (χ3n) is 6.09. The summed E-state index contributed by atoms with van der Waals surface area (Å²) in [6.45, 7) is 0.251. The van der Waals surface area contributed by atoms with Gasteiger partial charge in [0, 0.05) is 50.4 Å². The van der Waals surface area contributed by atoms with Gasteiger partial charge in [-0.15, -0.1) is 0 Å². The number of aliphatic hydroxyl groups is 1. The summed E-state index contributed by atoms with van der Waals surface area (Å²) in [4.78, 5) is 40.0. The number of likely N-dealkylation sites (tertiary alicyclic amines) is 1. The van der Waals surface area contributed by atoms with E-state index in [-0.39, 0.29) is 36.5 Å². The van der Waals surface area contributed by atoms with Crippen LogP contribution in [0.1, 0.15) is 17.3 Å². The number of benzene rings is 1. The monoisotopic (exact) mass is 411 g/mol. The second-order valence-electron chi connectivity index (χ2n) is 7.74. The molecule has 1 aromatic heterocycles. The van der Waals surface area contributed by atoms with Crippen molar-refractivity contribution in [3.05, 3.63) is 70.1 Å². The molecule has 8 heteroatoms. The molecule has 1 fully saturated rings. The lowest BCUT2D eigenvalue weighted by Crippen LogP contribution is -2.51. The van der Waals surface area contributed by atoms with Gasteiger partial charge in [-0.1, -0.05) is 36.4 Å². The summed E-state index contributed by atoms with van der Waals surface area (Å²) in [6, 6.07) is 13.1. The van der Waals surface area contributed by atoms with Gasteiger partial charge < -0.3 is 24.6 Å². The number of ether oxygens (including phenoxy) is 1. The molecule has 4 rings (SSSR count). The molecule has 0 radical (unpaired) electrons. The Hall–Kier alpha value is -2.97. The van der Waals surface area contributed by atoms with Crippen LogP contribution in [0.2, 0.25) is 0 Å². The minimum Gasteiger partial charge on any atom is -0.396 e. The lowest BCUT2D eigenvalue weighted by molar-refractivity contribution is -0.144. The summed E-state index contributed by atoms with van der Waals surface area (Å²) >= 11 is 0. The first kappa shape index (κ1) is 20.3. The molecule has 2 aliphatic heterocycles. The van der Waals surface area contributed by atoms with E-state index in [2.05, 4.69) is 5.32 Å². The zero-order valence-electron chi connectivity index (χ0n) is 16.7. The molecular weight excluding hydrogens is 386 g/mol. The molecule has 3 heterocycles. The molecule has 2 aliphatic rings. The second kappa shape index (κ2) is 8.41. The number of hydrogen-bond donors (Lipinski definition) is 2. The fourth-order valence-corrected chi connectivity index (χ4v) is 4.81. The van der Waals surface area contributed by atoms with Crippen molar-refractivity contribution in [3.63, 3.8) is 0 Å². The van der Waals surface area contributed by atoms with Crippen LogP contribution in [-0.4, -0.2) is 52.8 Å². The van der Waals surface area contributed by atoms with E-state index < -0.39 is 18.0 Å². The van der Waals surface area contributed by atoms with Crippen molar-refractivity contribution in [1.82, 2.24) is 14.8 Å². The standard InChI is InChI=1S/C22H25N3O5/c1-30-13-19(28)25-20-15(11-24-17(20)8-5-9-18(24)27)16(12-26)21(25)22(29)23-10-14-6-3-2-4-7-14/h2-9,15-16,20-21,26H,10-13H2,1H3,(H,23,29)/t15-,16-,20+,21-/m0/s1. The van der Waals surface area contributed by atoms with Gasteiger partial charge in [-0.25, -0.2) is 0 Å². The highest BCUT2D eigenvalue weighted by Crippen LogP contribution is 2.49. The number of rotatable bonds is 6. The number of nitrogens with zero attached hydrogens (tertiary/aromatic N) is 2. The van der Waals surface area contributed by atoms with E-state index in [9.17, 15) is 19.5 Å². The van der Waals surface area contributed by atoms with Crippen LogP contribution in [0.25, 0.3) is 0 Å². The van der Waals surface area contributed by atoms with Crippen molar-refractivity contribution in [1.29, 1.82) is 0 Å². The number of pyridine rings is 1. The maximum atomic E-state index is 13.2. The Morgan fingerprint density at radius 2 is 1.93 bits per heavy atom. The maximum absolute atomic E-state index is 13.2. The normalized spacial score (nSPS) is 24.4. The molecule has 1 aromatic carbocycles. The zero-order valence-corrected chi connectivity index (χ0v) is 16.7. The van der Waals surface area contributed by atoms with Crippen LogP contribution >= 0.6 is 0 Å². The zero-order chi connectivity index (χ0) is 21.3. The molecule has 2 N–H and O–H groups in total. The molecule has 4 atom stereocenters. The lowest BCUT2D eigenvalue weighted by Gasteiger charge is -2.30. The molecule has 0 saturated carbocycles. The largest absolute Gasteiger partial charge is 0.396 e. The van der Waals surface area contributed by atoms with Gasteiger partial charge in [0.05, 0.1) is 6.04 Å². The van der Waals surface area contributed by atoms with Gasteiger partial charge in [0.25, 0.3) is 5.56 Å². The van der Waals surface area contributed by atoms with Gasteiger partial charge >= 0.3 is 0 Å². The first-order valence-corrected chi connectivity index (χ1v) is 9.99. The minimum absolute atomic E-state index is 0.150. The molecule has 30 heavy (non-hydrogen) atoms. The quantitative estimate of drug-likeness (QED) is 0.712. The first-order chi connectivity index (χ1) is 14.6. The smallest absolute Gasteiger partial charge is 0.250 e. The highest BCUT2D eigenvalue weighted by Gasteiger charge is 2.57. The number of fused-ring (bicyclic) bond motifs is 3. The number of hydrogen-bond acceptors (Lipinski definition) is 5. The summed E-state index contributed by atoms with van der Waals surface area (Å²) in [7, 11) is 1.42. The summed E-state index contributed by atoms with van der Waals surface area (Å²) in [5.74, 6) is -1.36. The van der Waals surface area contributed by atoms with E-state index in [1.54, 1.807) is 16.7 Å². The fraction of sp³-hybridized carbons (Fsp3) is 0.409. The third-order valence-corrected chi connectivity index (χ3v) is 6.09. The SMILES string of the molecule is COCC(=O)N1[C@H](C(=O)NCc2ccccc2)[C@@H](CO)[C@@H]2Cn3c(cccc3=O)[C@@H]21. The van der Waals surface area contributed by atoms with Crippen molar-refractivity contribution < 1.29 is 19.4 Å². The van der Waals surface area contributed by atoms with Crippen LogP contribution in [-0.2, 0) is 27.4 Å². The van der Waals surface area contributed by atoms with E-state index >= 15 is 0 Å². The van der Waals surface area contributed by atoms with Gasteiger partial charge in [0.1, 0.15) is 12.6 Å². The Balaban J connectivity index is 1.67. The maximum Gasteiger partial charge on any atom is 0.250 e. The predicted molar refractivity (Wildman–Crippen MR) is 108 cm³/mol. The average Bonchev–Trinajstić information content (AvgIpc) is 3.28. The summed E-state index contributed by atoms with van der Waals surface area (Å²) in [6.07, 6.45) is 0. The van der Waals surface area contributed by atoms with Crippen LogP contribution in [0.5, 0.6) is 0 Å². The van der Waals surface area contributed by atoms with Gasteiger partial charge in [-0.3, -0.25) is 14.4 Å². The number of carbonyl (C=O) groups is 2. The van der Waals surface area contributed by atoms with Crippen molar-refractivity contribution in [2.45, 2.75) is 25.2 Å².